The summed E-state index contributed by atoms with van der Waals surface area (Å²) in [7, 11) is 0. The number of fused-ring (bicyclic) bond motifs is 2. The zero-order chi connectivity index (χ0) is 24.4. The van der Waals surface area contributed by atoms with E-state index in [0.29, 0.717) is 21.3 Å². The molecule has 1 aromatic heterocycles. The first-order chi connectivity index (χ1) is 16.2. The van der Waals surface area contributed by atoms with E-state index >= 15 is 0 Å². The zero-order valence-electron chi connectivity index (χ0n) is 17.8. The van der Waals surface area contributed by atoms with E-state index in [9.17, 15) is 14.4 Å². The molecule has 0 unspecified atom stereocenters. The van der Waals surface area contributed by atoms with Gasteiger partial charge in [0.15, 0.2) is 0 Å². The minimum Gasteiger partial charge on any atom is -0.455 e. The average Bonchev–Trinajstić information content (AvgIpc) is 2.74. The summed E-state index contributed by atoms with van der Waals surface area (Å²) in [4.78, 5) is 36.3. The topological polar surface area (TPSA) is 107 Å². The van der Waals surface area contributed by atoms with Crippen LogP contribution in [-0.4, -0.2) is 18.2 Å². The van der Waals surface area contributed by atoms with Crippen molar-refractivity contribution in [3.8, 4) is 11.5 Å². The third-order valence-corrected chi connectivity index (χ3v) is 5.15. The van der Waals surface area contributed by atoms with Crippen molar-refractivity contribution in [2.45, 2.75) is 13.8 Å². The number of esters is 2. The van der Waals surface area contributed by atoms with E-state index in [2.05, 4.69) is 10.5 Å². The lowest BCUT2D eigenvalue weighted by molar-refractivity contribution is -0.132. The average molecular weight is 499 g/mol. The second-order valence-corrected chi connectivity index (χ2v) is 7.97. The number of benzene rings is 3. The van der Waals surface area contributed by atoms with Crippen LogP contribution in [0.4, 0.5) is 5.69 Å². The summed E-state index contributed by atoms with van der Waals surface area (Å²) in [6.07, 6.45) is 1.46. The highest BCUT2D eigenvalue weighted by Crippen LogP contribution is 2.32. The van der Waals surface area contributed by atoms with Gasteiger partial charge in [-0.05, 0) is 30.3 Å². The van der Waals surface area contributed by atoms with Crippen LogP contribution in [0.5, 0.6) is 11.5 Å². The first-order valence-corrected chi connectivity index (χ1v) is 10.6. The molecule has 0 aliphatic heterocycles. The Morgan fingerprint density at radius 3 is 2.50 bits per heavy atom. The highest BCUT2D eigenvalue weighted by Gasteiger charge is 2.18. The van der Waals surface area contributed by atoms with E-state index in [-0.39, 0.29) is 33.4 Å². The summed E-state index contributed by atoms with van der Waals surface area (Å²) < 4.78 is 16.3. The van der Waals surface area contributed by atoms with E-state index in [0.717, 1.165) is 0 Å². The number of hydrogen-bond donors (Lipinski definition) is 1. The number of ether oxygens (including phenoxy) is 2. The van der Waals surface area contributed by atoms with Gasteiger partial charge >= 0.3 is 11.9 Å². The minimum atomic E-state index is -0.645. The summed E-state index contributed by atoms with van der Waals surface area (Å²) >= 11 is 12.0. The lowest BCUT2D eigenvalue weighted by Gasteiger charge is -2.10. The maximum atomic E-state index is 13.3. The molecule has 0 spiro atoms. The molecular weight excluding hydrogens is 483 g/mol. The SMILES string of the molecule is CC(=O)Oc1cc(OC(C)=O)c2c(=O)c3cccc(/C=N/Nc4ccc(Cl)cc4Cl)c3oc2c1. The number of nitrogens with one attached hydrogen (secondary N) is 1. The Kier molecular flexibility index (Phi) is 6.54. The van der Waals surface area contributed by atoms with Crippen molar-refractivity contribution >= 4 is 69.0 Å². The summed E-state index contributed by atoms with van der Waals surface area (Å²) in [5.41, 5.74) is 3.72. The van der Waals surface area contributed by atoms with Crippen molar-refractivity contribution in [1.29, 1.82) is 0 Å². The monoisotopic (exact) mass is 498 g/mol. The second-order valence-electron chi connectivity index (χ2n) is 7.13. The van der Waals surface area contributed by atoms with Crippen molar-refractivity contribution in [3.05, 3.63) is 74.4 Å². The lowest BCUT2D eigenvalue weighted by atomic mass is 10.1. The third kappa shape index (κ3) is 4.88. The van der Waals surface area contributed by atoms with Gasteiger partial charge in [-0.3, -0.25) is 19.8 Å². The molecule has 172 valence electrons. The molecule has 0 aliphatic rings. The van der Waals surface area contributed by atoms with E-state index in [1.807, 2.05) is 0 Å². The number of para-hydroxylation sites is 1. The number of halogens is 2. The van der Waals surface area contributed by atoms with Crippen molar-refractivity contribution < 1.29 is 23.5 Å². The Balaban J connectivity index is 1.84. The van der Waals surface area contributed by atoms with Gasteiger partial charge < -0.3 is 13.9 Å². The van der Waals surface area contributed by atoms with E-state index in [1.54, 1.807) is 36.4 Å². The number of carbonyl (C=O) groups excluding carboxylic acids is 2. The van der Waals surface area contributed by atoms with Gasteiger partial charge in [0.2, 0.25) is 5.43 Å². The van der Waals surface area contributed by atoms with Gasteiger partial charge in [0.05, 0.1) is 22.3 Å². The predicted molar refractivity (Wildman–Crippen MR) is 130 cm³/mol. The maximum Gasteiger partial charge on any atom is 0.308 e. The number of rotatable bonds is 5. The normalized spacial score (nSPS) is 11.2. The van der Waals surface area contributed by atoms with Crippen molar-refractivity contribution in [2.75, 3.05) is 5.43 Å². The van der Waals surface area contributed by atoms with Gasteiger partial charge in [-0.25, -0.2) is 0 Å². The first-order valence-electron chi connectivity index (χ1n) is 9.87. The van der Waals surface area contributed by atoms with Crippen molar-refractivity contribution in [2.24, 2.45) is 5.10 Å². The molecule has 0 bridgehead atoms. The van der Waals surface area contributed by atoms with Crippen molar-refractivity contribution in [1.82, 2.24) is 0 Å². The molecule has 10 heteroatoms. The first kappa shape index (κ1) is 23.3. The van der Waals surface area contributed by atoms with Crippen LogP contribution in [-0.2, 0) is 9.59 Å². The number of hydrazone groups is 1. The maximum absolute atomic E-state index is 13.3. The molecule has 4 rings (SSSR count). The van der Waals surface area contributed by atoms with E-state index in [1.165, 1.54) is 32.2 Å². The summed E-state index contributed by atoms with van der Waals surface area (Å²) in [5.74, 6) is -1.25. The summed E-state index contributed by atoms with van der Waals surface area (Å²) in [5, 5.41) is 5.33. The van der Waals surface area contributed by atoms with E-state index < -0.39 is 17.4 Å². The molecule has 1 heterocycles. The smallest absolute Gasteiger partial charge is 0.308 e. The van der Waals surface area contributed by atoms with Gasteiger partial charge in [-0.2, -0.15) is 5.10 Å². The molecule has 34 heavy (non-hydrogen) atoms. The van der Waals surface area contributed by atoms with Gasteiger partial charge in [0.25, 0.3) is 0 Å². The highest BCUT2D eigenvalue weighted by atomic mass is 35.5. The number of anilines is 1. The van der Waals surface area contributed by atoms with Crippen LogP contribution in [0.15, 0.2) is 62.8 Å². The largest absolute Gasteiger partial charge is 0.455 e. The number of nitrogens with zero attached hydrogens (tertiary/aromatic N) is 1. The predicted octanol–water partition coefficient (Wildman–Crippen LogP) is 5.55. The molecule has 1 N–H and O–H groups in total. The minimum absolute atomic E-state index is 0.0405. The van der Waals surface area contributed by atoms with Crippen LogP contribution in [0.3, 0.4) is 0 Å². The van der Waals surface area contributed by atoms with Crippen LogP contribution in [0.25, 0.3) is 21.9 Å². The van der Waals surface area contributed by atoms with Gasteiger partial charge in [-0.1, -0.05) is 29.3 Å². The fourth-order valence-corrected chi connectivity index (χ4v) is 3.73. The Bertz CT molecular complexity index is 1540. The second kappa shape index (κ2) is 9.54. The fourth-order valence-electron chi connectivity index (χ4n) is 3.28. The number of hydrogen-bond acceptors (Lipinski definition) is 8. The lowest BCUT2D eigenvalue weighted by Crippen LogP contribution is -2.10. The molecule has 0 amide bonds. The van der Waals surface area contributed by atoms with E-state index in [4.69, 9.17) is 37.1 Å². The molecule has 8 nitrogen and oxygen atoms in total. The molecule has 0 saturated heterocycles. The molecule has 3 aromatic carbocycles. The van der Waals surface area contributed by atoms with Crippen LogP contribution < -0.4 is 20.3 Å². The van der Waals surface area contributed by atoms with Crippen LogP contribution in [0, 0.1) is 0 Å². The summed E-state index contributed by atoms with van der Waals surface area (Å²) in [6.45, 7) is 2.42. The quantitative estimate of drug-likeness (QED) is 0.126. The summed E-state index contributed by atoms with van der Waals surface area (Å²) in [6, 6.07) is 12.5. The zero-order valence-corrected chi connectivity index (χ0v) is 19.4. The fraction of sp³-hybridized carbons (Fsp3) is 0.0833. The molecular formula is C24H16Cl2N2O6. The number of carbonyl (C=O) groups is 2. The van der Waals surface area contributed by atoms with Crippen LogP contribution >= 0.6 is 23.2 Å². The molecule has 0 fully saturated rings. The molecule has 0 saturated carbocycles. The Morgan fingerprint density at radius 1 is 1.03 bits per heavy atom. The highest BCUT2D eigenvalue weighted by molar-refractivity contribution is 6.36. The van der Waals surface area contributed by atoms with Crippen LogP contribution in [0.2, 0.25) is 10.0 Å². The Morgan fingerprint density at radius 2 is 1.79 bits per heavy atom. The van der Waals surface area contributed by atoms with Gasteiger partial charge in [0.1, 0.15) is 28.1 Å². The van der Waals surface area contributed by atoms with Gasteiger partial charge in [-0.15, -0.1) is 0 Å². The third-order valence-electron chi connectivity index (χ3n) is 4.60. The standard InChI is InChI=1S/C24H16Cl2N2O6/c1-12(29)32-16-9-20(33-13(2)30)22-21(10-16)34-24-14(4-3-5-17(24)23(22)31)11-27-28-19-7-6-15(25)8-18(19)26/h3-11,28H,1-2H3/b27-11+. The molecule has 0 atom stereocenters. The van der Waals surface area contributed by atoms with Crippen molar-refractivity contribution in [3.63, 3.8) is 0 Å². The van der Waals surface area contributed by atoms with Crippen LogP contribution in [0.1, 0.15) is 19.4 Å². The molecule has 0 aliphatic carbocycles. The Labute approximate surface area is 202 Å². The molecule has 4 aromatic rings. The Hall–Kier alpha value is -3.88. The molecule has 0 radical (unpaired) electrons. The van der Waals surface area contributed by atoms with Gasteiger partial charge in [0, 0.05) is 36.6 Å².